The zero-order chi connectivity index (χ0) is 42.5. The lowest BCUT2D eigenvalue weighted by atomic mass is 9.47. The second-order valence-corrected chi connectivity index (χ2v) is 18.9. The Morgan fingerprint density at radius 1 is 1.08 bits per heavy atom. The molecule has 0 radical (unpaired) electrons. The number of para-hydroxylation sites is 2. The van der Waals surface area contributed by atoms with E-state index < -0.39 is 34.4 Å². The molecule has 5 heterocycles. The molecule has 1 saturated heterocycles. The molecular formula is C48H55BrN4O7. The standard InChI is InChI=1S/C48H55BrN4O7/c1-26(2)12-11-19-46(8)20-18-30-39(58-46)29(16-15-27(3)4)41-35(40(30)57-25-49)37-36-38(53-33-14-10-9-13-32(33)51-44(53)52-37)31-24-34-45(6,7)60-47(42(31)55,48(34,36)59-41)21-17-28(5)43(56)50-22-23-54/h9-10,12-15,17-18,20,31,34,38,54H,11,16,19,21-25H2,1-8H3,(H,50,56)(H,51,52)/b28-17-. The van der Waals surface area contributed by atoms with Crippen LogP contribution in [0.3, 0.4) is 0 Å². The van der Waals surface area contributed by atoms with Crippen LogP contribution in [0.1, 0.15) is 104 Å². The van der Waals surface area contributed by atoms with Gasteiger partial charge in [0.2, 0.25) is 11.9 Å². The van der Waals surface area contributed by atoms with E-state index in [-0.39, 0.29) is 42.7 Å². The Bertz CT molecular complexity index is 2500. The van der Waals surface area contributed by atoms with Crippen LogP contribution in [0.25, 0.3) is 22.8 Å². The first-order valence-electron chi connectivity index (χ1n) is 21.2. The van der Waals surface area contributed by atoms with Crippen LogP contribution in [0.4, 0.5) is 5.95 Å². The van der Waals surface area contributed by atoms with E-state index in [0.717, 1.165) is 57.4 Å². The summed E-state index contributed by atoms with van der Waals surface area (Å²) in [6.45, 7) is 16.3. The highest BCUT2D eigenvalue weighted by molar-refractivity contribution is 9.09. The third-order valence-corrected chi connectivity index (χ3v) is 13.8. The zero-order valence-electron chi connectivity index (χ0n) is 35.8. The Kier molecular flexibility index (Phi) is 9.83. The molecule has 6 unspecified atom stereocenters. The van der Waals surface area contributed by atoms with Crippen LogP contribution < -0.4 is 24.8 Å². The highest BCUT2D eigenvalue weighted by atomic mass is 79.9. The number of anilines is 1. The van der Waals surface area contributed by atoms with Crippen LogP contribution in [0, 0.1) is 11.8 Å². The smallest absolute Gasteiger partial charge is 0.246 e. The van der Waals surface area contributed by atoms with Crippen LogP contribution in [0.5, 0.6) is 17.2 Å². The van der Waals surface area contributed by atoms with Crippen LogP contribution in [0.15, 0.2) is 70.9 Å². The highest BCUT2D eigenvalue weighted by Crippen LogP contribution is 2.74. The van der Waals surface area contributed by atoms with Gasteiger partial charge in [-0.05, 0) is 121 Å². The molecule has 316 valence electrons. The third-order valence-electron chi connectivity index (χ3n) is 13.5. The normalized spacial score (nSPS) is 28.5. The number of ketones is 1. The molecule has 3 aliphatic carbocycles. The predicted molar refractivity (Wildman–Crippen MR) is 236 cm³/mol. The third kappa shape index (κ3) is 5.83. The van der Waals surface area contributed by atoms with Crippen LogP contribution in [-0.4, -0.2) is 67.4 Å². The lowest BCUT2D eigenvalue weighted by Crippen LogP contribution is -2.75. The van der Waals surface area contributed by atoms with E-state index in [0.29, 0.717) is 41.6 Å². The van der Waals surface area contributed by atoms with Gasteiger partial charge in [0.1, 0.15) is 28.4 Å². The Morgan fingerprint density at radius 2 is 1.85 bits per heavy atom. The lowest BCUT2D eigenvalue weighted by Gasteiger charge is -2.62. The van der Waals surface area contributed by atoms with Gasteiger partial charge in [0.05, 0.1) is 46.1 Å². The number of halogens is 1. The Balaban J connectivity index is 1.35. The van der Waals surface area contributed by atoms with Crippen molar-refractivity contribution in [1.29, 1.82) is 0 Å². The Morgan fingerprint density at radius 3 is 2.58 bits per heavy atom. The molecule has 4 fully saturated rings. The fourth-order valence-corrected chi connectivity index (χ4v) is 11.2. The number of alkyl halides is 1. The molecule has 3 N–H and O–H groups in total. The number of carbonyl (C=O) groups is 2. The second-order valence-electron chi connectivity index (χ2n) is 18.4. The van der Waals surface area contributed by atoms with Crippen LogP contribution in [-0.2, 0) is 20.7 Å². The number of hydrogen-bond donors (Lipinski definition) is 3. The number of amides is 1. The summed E-state index contributed by atoms with van der Waals surface area (Å²) in [7, 11) is 0. The molecule has 4 bridgehead atoms. The Labute approximate surface area is 360 Å². The van der Waals surface area contributed by atoms with Crippen molar-refractivity contribution in [1.82, 2.24) is 14.9 Å². The molecule has 1 amide bonds. The van der Waals surface area contributed by atoms with Gasteiger partial charge in [-0.3, -0.25) is 9.59 Å². The number of aromatic nitrogens is 2. The maximum Gasteiger partial charge on any atom is 0.246 e. The van der Waals surface area contributed by atoms with E-state index >= 15 is 4.79 Å². The number of rotatable bonds is 12. The van der Waals surface area contributed by atoms with Gasteiger partial charge >= 0.3 is 0 Å². The van der Waals surface area contributed by atoms with Crippen molar-refractivity contribution < 1.29 is 33.6 Å². The maximum absolute atomic E-state index is 15.8. The van der Waals surface area contributed by atoms with Crippen molar-refractivity contribution >= 4 is 56.4 Å². The number of fused-ring (bicyclic) bond motifs is 6. The molecule has 3 saturated carbocycles. The summed E-state index contributed by atoms with van der Waals surface area (Å²) in [6, 6.07) is 7.61. The second kappa shape index (κ2) is 14.5. The van der Waals surface area contributed by atoms with Gasteiger partial charge < -0.3 is 39.3 Å². The fraction of sp³-hybridized carbons (Fsp3) is 0.479. The van der Waals surface area contributed by atoms with Gasteiger partial charge in [-0.1, -0.05) is 41.5 Å². The number of allylic oxidation sites excluding steroid dienone is 4. The summed E-state index contributed by atoms with van der Waals surface area (Å²) in [5.74, 6) is 1.46. The molecule has 7 aliphatic rings. The van der Waals surface area contributed by atoms with Crippen molar-refractivity contribution in [3.05, 3.63) is 87.6 Å². The topological polar surface area (TPSA) is 133 Å². The summed E-state index contributed by atoms with van der Waals surface area (Å²) in [6.07, 6.45) is 13.3. The Hall–Kier alpha value is -4.65. The maximum atomic E-state index is 15.8. The van der Waals surface area contributed by atoms with Crippen LogP contribution in [0.2, 0.25) is 0 Å². The number of ether oxygens (including phenoxy) is 4. The molecule has 11 nitrogen and oxygen atoms in total. The van der Waals surface area contributed by atoms with E-state index in [4.69, 9.17) is 23.9 Å². The number of aliphatic hydroxyl groups excluding tert-OH is 1. The van der Waals surface area contributed by atoms with E-state index in [1.54, 1.807) is 6.92 Å². The van der Waals surface area contributed by atoms with E-state index in [2.05, 4.69) is 110 Å². The number of nitrogens with zero attached hydrogens (tertiary/aromatic N) is 2. The molecule has 60 heavy (non-hydrogen) atoms. The minimum atomic E-state index is -1.49. The van der Waals surface area contributed by atoms with Gasteiger partial charge in [0.15, 0.2) is 17.0 Å². The van der Waals surface area contributed by atoms with Crippen molar-refractivity contribution in [3.63, 3.8) is 0 Å². The molecular weight excluding hydrogens is 824 g/mol. The van der Waals surface area contributed by atoms with Crippen molar-refractivity contribution in [2.24, 2.45) is 11.8 Å². The summed E-state index contributed by atoms with van der Waals surface area (Å²) in [4.78, 5) is 34.1. The van der Waals surface area contributed by atoms with Crippen LogP contribution >= 0.6 is 15.9 Å². The molecule has 10 rings (SSSR count). The number of hydrogen-bond acceptors (Lipinski definition) is 9. The first kappa shape index (κ1) is 40.7. The monoisotopic (exact) mass is 878 g/mol. The molecule has 12 heteroatoms. The average Bonchev–Trinajstić information content (AvgIpc) is 3.64. The van der Waals surface area contributed by atoms with Gasteiger partial charge in [-0.25, -0.2) is 4.98 Å². The molecule has 4 aliphatic heterocycles. The van der Waals surface area contributed by atoms with Crippen molar-refractivity contribution in [2.45, 2.75) is 116 Å². The minimum Gasteiger partial charge on any atom is -0.482 e. The SMILES string of the molecule is CC(C)=CCCC1(C)C=Cc2c(c(CC=C(C)C)c3c(c2OCBr)C2=C4C(C5CC6C(C)(C)OC(C/C=C(/C)C(=O)NCCO)(C5=O)C46O3)n3c(nc4ccccc43)N2)O1. The summed E-state index contributed by atoms with van der Waals surface area (Å²) in [5.41, 5.74) is 4.78. The van der Waals surface area contributed by atoms with E-state index in [1.165, 1.54) is 5.57 Å². The van der Waals surface area contributed by atoms with Crippen molar-refractivity contribution in [2.75, 3.05) is 24.0 Å². The molecule has 2 aromatic carbocycles. The molecule has 3 aromatic rings. The summed E-state index contributed by atoms with van der Waals surface area (Å²) >= 11 is 3.60. The summed E-state index contributed by atoms with van der Waals surface area (Å²) in [5, 5.41) is 16.0. The zero-order valence-corrected chi connectivity index (χ0v) is 37.3. The lowest BCUT2D eigenvalue weighted by molar-refractivity contribution is -0.181. The first-order valence-corrected chi connectivity index (χ1v) is 22.3. The quantitative estimate of drug-likeness (QED) is 0.0927. The number of carbonyl (C=O) groups excluding carboxylic acids is 2. The van der Waals surface area contributed by atoms with Gasteiger partial charge in [0, 0.05) is 41.5 Å². The van der Waals surface area contributed by atoms with Gasteiger partial charge in [-0.2, -0.15) is 0 Å². The predicted octanol–water partition coefficient (Wildman–Crippen LogP) is 8.91. The molecule has 1 aromatic heterocycles. The molecule has 1 spiro atoms. The number of benzene rings is 2. The number of imidazole rings is 1. The summed E-state index contributed by atoms with van der Waals surface area (Å²) < 4.78 is 31.2. The van der Waals surface area contributed by atoms with Gasteiger partial charge in [0.25, 0.3) is 0 Å². The largest absolute Gasteiger partial charge is 0.482 e. The first-order chi connectivity index (χ1) is 28.6. The number of nitrogens with one attached hydrogen (secondary N) is 2. The van der Waals surface area contributed by atoms with E-state index in [9.17, 15) is 9.90 Å². The van der Waals surface area contributed by atoms with Crippen molar-refractivity contribution in [3.8, 4) is 17.2 Å². The van der Waals surface area contributed by atoms with Gasteiger partial charge in [-0.15, -0.1) is 0 Å². The number of Topliss-reactive ketones (excluding diaryl/α,β-unsaturated/α-hetero) is 1. The average molecular weight is 880 g/mol. The highest BCUT2D eigenvalue weighted by Gasteiger charge is 2.84. The van der Waals surface area contributed by atoms with E-state index in [1.807, 2.05) is 24.3 Å². The molecule has 6 atom stereocenters. The number of aliphatic hydroxyl groups is 1. The minimum absolute atomic E-state index is 0.0434. The fourth-order valence-electron chi connectivity index (χ4n) is 11.0.